The maximum atomic E-state index is 12.8. The van der Waals surface area contributed by atoms with Crippen molar-refractivity contribution in [3.8, 4) is 10.4 Å². The predicted molar refractivity (Wildman–Crippen MR) is 135 cm³/mol. The van der Waals surface area contributed by atoms with Crippen molar-refractivity contribution >= 4 is 42.0 Å². The Labute approximate surface area is 192 Å². The molecule has 1 saturated heterocycles. The molecule has 32 heavy (non-hydrogen) atoms. The zero-order valence-corrected chi connectivity index (χ0v) is 19.8. The van der Waals surface area contributed by atoms with E-state index in [1.165, 1.54) is 0 Å². The molecule has 0 radical (unpaired) electrons. The summed E-state index contributed by atoms with van der Waals surface area (Å²) in [5.41, 5.74) is 9.11. The van der Waals surface area contributed by atoms with Gasteiger partial charge in [-0.25, -0.2) is 0 Å². The van der Waals surface area contributed by atoms with Gasteiger partial charge in [-0.1, -0.05) is 12.1 Å². The van der Waals surface area contributed by atoms with Crippen molar-refractivity contribution in [2.24, 2.45) is 0 Å². The third-order valence-electron chi connectivity index (χ3n) is 6.14. The second-order valence-electron chi connectivity index (χ2n) is 8.18. The number of rotatable bonds is 5. The first-order valence-corrected chi connectivity index (χ1v) is 14.2. The van der Waals surface area contributed by atoms with Gasteiger partial charge in [0.25, 0.3) is 0 Å². The fraction of sp³-hybridized carbons (Fsp3) is 0.250. The van der Waals surface area contributed by atoms with E-state index in [1.54, 1.807) is 46.6 Å². The normalized spacial score (nSPS) is 16.4. The van der Waals surface area contributed by atoms with Crippen LogP contribution in [0.2, 0.25) is 0 Å². The van der Waals surface area contributed by atoms with Crippen molar-refractivity contribution < 1.29 is 14.5 Å². The molecular formula is C24H28N3O3PS. The van der Waals surface area contributed by atoms with Crippen LogP contribution in [0.5, 0.6) is 0 Å². The number of nitrogens with two attached hydrogens (primary N) is 1. The molecule has 168 valence electrons. The Hall–Kier alpha value is -2.73. The summed E-state index contributed by atoms with van der Waals surface area (Å²) in [4.78, 5) is 39.0. The van der Waals surface area contributed by atoms with Crippen LogP contribution in [0.3, 0.4) is 0 Å². The van der Waals surface area contributed by atoms with Crippen molar-refractivity contribution in [2.45, 2.75) is 6.92 Å². The van der Waals surface area contributed by atoms with Crippen LogP contribution in [0.4, 0.5) is 11.4 Å². The fourth-order valence-corrected chi connectivity index (χ4v) is 6.93. The van der Waals surface area contributed by atoms with Crippen LogP contribution < -0.4 is 11.1 Å². The van der Waals surface area contributed by atoms with Gasteiger partial charge < -0.3 is 5.73 Å². The summed E-state index contributed by atoms with van der Waals surface area (Å²) < 4.78 is 0. The van der Waals surface area contributed by atoms with Crippen LogP contribution in [-0.2, 0) is 0 Å². The molecule has 0 atom stereocenters. The van der Waals surface area contributed by atoms with Crippen molar-refractivity contribution in [2.75, 3.05) is 42.6 Å². The Kier molecular flexibility index (Phi) is 6.60. The summed E-state index contributed by atoms with van der Waals surface area (Å²) in [5, 5.41) is 4.88. The molecule has 0 saturated carbocycles. The molecule has 2 aromatic carbocycles. The van der Waals surface area contributed by atoms with Gasteiger partial charge in [-0.2, -0.15) is 0 Å². The van der Waals surface area contributed by atoms with E-state index in [2.05, 4.69) is 5.32 Å². The first-order valence-electron chi connectivity index (χ1n) is 10.7. The minimum absolute atomic E-state index is 0.0583. The maximum absolute atomic E-state index is 12.8. The predicted octanol–water partition coefficient (Wildman–Crippen LogP) is 4.38. The molecule has 0 aliphatic carbocycles. The van der Waals surface area contributed by atoms with Crippen LogP contribution in [0.1, 0.15) is 27.6 Å². The molecule has 1 aromatic heterocycles. The second kappa shape index (κ2) is 9.41. The summed E-state index contributed by atoms with van der Waals surface area (Å²) >= 11 is 1.62. The monoisotopic (exact) mass is 469 g/mol. The van der Waals surface area contributed by atoms with E-state index in [-0.39, 0.29) is 11.8 Å². The van der Waals surface area contributed by atoms with Crippen LogP contribution in [0, 0.1) is 0 Å². The van der Waals surface area contributed by atoms with Crippen molar-refractivity contribution in [1.82, 2.24) is 4.90 Å². The van der Waals surface area contributed by atoms with E-state index < -0.39 is 7.49 Å². The van der Waals surface area contributed by atoms with E-state index in [4.69, 9.17) is 5.73 Å². The van der Waals surface area contributed by atoms with Gasteiger partial charge in [-0.3, -0.25) is 0 Å². The average Bonchev–Trinajstić information content (AvgIpc) is 3.36. The van der Waals surface area contributed by atoms with Crippen LogP contribution >= 0.6 is 18.8 Å². The molecule has 8 heteroatoms. The summed E-state index contributed by atoms with van der Waals surface area (Å²) in [6.07, 6.45) is 2.28. The Bertz CT molecular complexity index is 1110. The number of nitrogen functional groups attached to an aromatic ring is 1. The molecule has 2 amide bonds. The number of nitrogens with one attached hydrogen (secondary N) is 1. The van der Waals surface area contributed by atoms with Gasteiger partial charge >= 0.3 is 135 Å². The quantitative estimate of drug-likeness (QED) is 0.382. The Balaban J connectivity index is 1.43. The molecule has 0 bridgehead atoms. The van der Waals surface area contributed by atoms with E-state index in [0.717, 1.165) is 28.9 Å². The topological polar surface area (TPSA) is 95.7 Å². The number of anilines is 2. The zero-order valence-electron chi connectivity index (χ0n) is 18.0. The number of nitrogens with zero attached hydrogens (tertiary/aromatic N) is 1. The first-order chi connectivity index (χ1) is 15.4. The van der Waals surface area contributed by atoms with Crippen molar-refractivity contribution in [3.63, 3.8) is 0 Å². The standard InChI is InChI=1S/C24H28N3O3PS/c1-2-31(30)13-11-27(12-14-31)24(29)18-7-5-17(6-8-18)23(28)26-21-16-19(9-10-20(21)25)22-4-3-15-32-22/h3-10,15-16,30-31H,2,11-14,25H2,1H3,(H,26,28). The molecule has 3 aromatic rings. The molecule has 6 nitrogen and oxygen atoms in total. The average molecular weight is 470 g/mol. The number of carbonyl (C=O) groups is 2. The minimum atomic E-state index is -2.14. The molecule has 2 heterocycles. The van der Waals surface area contributed by atoms with Crippen molar-refractivity contribution in [3.05, 3.63) is 71.1 Å². The van der Waals surface area contributed by atoms with Crippen LogP contribution in [0.25, 0.3) is 10.4 Å². The fourth-order valence-electron chi connectivity index (χ4n) is 3.88. The van der Waals surface area contributed by atoms with Crippen LogP contribution in [-0.4, -0.2) is 53.2 Å². The zero-order chi connectivity index (χ0) is 22.7. The SMILES string of the molecule is CC[PH]1(O)CCN(C(=O)c2ccc(C(=O)Nc3cc(-c4cccs4)ccc3N)cc2)CC1. The first kappa shape index (κ1) is 22.5. The second-order valence-corrected chi connectivity index (χ2v) is 13.3. The van der Waals surface area contributed by atoms with Crippen molar-refractivity contribution in [1.29, 1.82) is 0 Å². The molecule has 1 fully saturated rings. The molecule has 4 N–H and O–H groups in total. The van der Waals surface area contributed by atoms with E-state index in [9.17, 15) is 14.5 Å². The molecule has 4 rings (SSSR count). The third kappa shape index (κ3) is 4.85. The number of hydrogen-bond donors (Lipinski definition) is 3. The summed E-state index contributed by atoms with van der Waals surface area (Å²) in [6.45, 7) is 3.22. The number of hydrogen-bond acceptors (Lipinski definition) is 5. The van der Waals surface area contributed by atoms with Gasteiger partial charge in [0.05, 0.1) is 0 Å². The van der Waals surface area contributed by atoms with E-state index in [1.807, 2.05) is 36.6 Å². The molecule has 0 spiro atoms. The van der Waals surface area contributed by atoms with Gasteiger partial charge in [0, 0.05) is 4.88 Å². The summed E-state index contributed by atoms with van der Waals surface area (Å²) in [6, 6.07) is 16.3. The number of thiophene rings is 1. The number of amides is 2. The molecule has 1 aliphatic heterocycles. The number of benzene rings is 2. The summed E-state index contributed by atoms with van der Waals surface area (Å²) in [5.74, 6) is -0.340. The Morgan fingerprint density at radius 3 is 2.41 bits per heavy atom. The van der Waals surface area contributed by atoms with Gasteiger partial charge in [0.1, 0.15) is 0 Å². The molecule has 0 unspecified atom stereocenters. The van der Waals surface area contributed by atoms with E-state index >= 15 is 0 Å². The van der Waals surface area contributed by atoms with Gasteiger partial charge in [-0.05, 0) is 23.1 Å². The van der Waals surface area contributed by atoms with Crippen LogP contribution in [0.15, 0.2) is 60.0 Å². The molecule has 1 aliphatic rings. The molecular weight excluding hydrogens is 441 g/mol. The third-order valence-corrected chi connectivity index (χ3v) is 10.7. The number of carbonyl (C=O) groups excluding carboxylic acids is 2. The Morgan fingerprint density at radius 2 is 1.78 bits per heavy atom. The van der Waals surface area contributed by atoms with Gasteiger partial charge in [-0.15, -0.1) is 11.3 Å². The van der Waals surface area contributed by atoms with E-state index in [0.29, 0.717) is 35.6 Å². The summed E-state index contributed by atoms with van der Waals surface area (Å²) in [7, 11) is -2.14. The Morgan fingerprint density at radius 1 is 1.09 bits per heavy atom. The van der Waals surface area contributed by atoms with Gasteiger partial charge in [0.2, 0.25) is 0 Å². The van der Waals surface area contributed by atoms with Gasteiger partial charge in [0.15, 0.2) is 0 Å².